The van der Waals surface area contributed by atoms with Crippen LogP contribution in [-0.4, -0.2) is 40.1 Å². The molecule has 1 aromatic heterocycles. The Bertz CT molecular complexity index is 1070. The number of halogens is 4. The van der Waals surface area contributed by atoms with Gasteiger partial charge in [0.1, 0.15) is 5.82 Å². The summed E-state index contributed by atoms with van der Waals surface area (Å²) in [4.78, 5) is 17.6. The van der Waals surface area contributed by atoms with Crippen molar-refractivity contribution in [3.05, 3.63) is 59.5 Å². The van der Waals surface area contributed by atoms with Crippen LogP contribution in [0.25, 0.3) is 22.0 Å². The fraction of sp³-hybridized carbons (Fsp3) is 0.286. The molecule has 1 saturated heterocycles. The largest absolute Gasteiger partial charge is 0.416 e. The molecule has 4 rings (SSSR count). The van der Waals surface area contributed by atoms with Crippen molar-refractivity contribution in [2.75, 3.05) is 13.2 Å². The van der Waals surface area contributed by atoms with E-state index in [-0.39, 0.29) is 24.1 Å². The number of nitrogens with zero attached hydrogens (tertiary/aromatic N) is 1. The number of alkyl halides is 3. The van der Waals surface area contributed by atoms with Crippen LogP contribution in [0.3, 0.4) is 0 Å². The van der Waals surface area contributed by atoms with Crippen LogP contribution in [0, 0.1) is 5.82 Å². The lowest BCUT2D eigenvalue weighted by Gasteiger charge is -2.23. The van der Waals surface area contributed by atoms with E-state index in [2.05, 4.69) is 4.98 Å². The van der Waals surface area contributed by atoms with Crippen LogP contribution in [0.5, 0.6) is 0 Å². The maximum Gasteiger partial charge on any atom is 0.416 e. The van der Waals surface area contributed by atoms with Gasteiger partial charge in [-0.2, -0.15) is 13.2 Å². The number of benzene rings is 2. The summed E-state index contributed by atoms with van der Waals surface area (Å²) in [6, 6.07) is 6.92. The molecule has 2 N–H and O–H groups in total. The number of hydrogen-bond acceptors (Lipinski definition) is 2. The number of carbonyl (C=O) groups excluding carboxylic acids is 1. The molecule has 1 aliphatic heterocycles. The van der Waals surface area contributed by atoms with Gasteiger partial charge in [0.05, 0.1) is 29.3 Å². The van der Waals surface area contributed by atoms with Crippen LogP contribution in [0.2, 0.25) is 0 Å². The van der Waals surface area contributed by atoms with Crippen LogP contribution < -0.4 is 0 Å². The van der Waals surface area contributed by atoms with Gasteiger partial charge in [-0.1, -0.05) is 12.1 Å². The molecule has 4 nitrogen and oxygen atoms in total. The molecule has 29 heavy (non-hydrogen) atoms. The highest BCUT2D eigenvalue weighted by molar-refractivity contribution is 6.09. The standard InChI is InChI=1S/C21H18F4N2O2/c22-18-10-12(21(23,24)25)3-4-15(18)14-5-6-17(19-16(14)7-8-26-19)20(29)27-9-1-2-13(27)11-28/h3-8,10,13,26,28H,1-2,9,11H2. The van der Waals surface area contributed by atoms with Gasteiger partial charge in [-0.15, -0.1) is 0 Å². The third-order valence-corrected chi connectivity index (χ3v) is 5.39. The molecule has 0 saturated carbocycles. The maximum absolute atomic E-state index is 14.5. The monoisotopic (exact) mass is 406 g/mol. The number of hydrogen-bond donors (Lipinski definition) is 2. The molecule has 1 amide bonds. The average Bonchev–Trinajstić information content (AvgIpc) is 3.35. The van der Waals surface area contributed by atoms with E-state index in [4.69, 9.17) is 0 Å². The molecule has 1 atom stereocenters. The Hall–Kier alpha value is -2.87. The summed E-state index contributed by atoms with van der Waals surface area (Å²) in [6.45, 7) is 0.427. The topological polar surface area (TPSA) is 56.3 Å². The first kappa shape index (κ1) is 19.4. The van der Waals surface area contributed by atoms with Gasteiger partial charge < -0.3 is 15.0 Å². The zero-order valence-corrected chi connectivity index (χ0v) is 15.3. The molecule has 1 aliphatic rings. The van der Waals surface area contributed by atoms with Gasteiger partial charge in [-0.05, 0) is 42.7 Å². The number of carbonyl (C=O) groups is 1. The van der Waals surface area contributed by atoms with Gasteiger partial charge in [0, 0.05) is 23.7 Å². The molecular weight excluding hydrogens is 388 g/mol. The summed E-state index contributed by atoms with van der Waals surface area (Å²) < 4.78 is 53.0. The summed E-state index contributed by atoms with van der Waals surface area (Å²) >= 11 is 0. The second-order valence-electron chi connectivity index (χ2n) is 7.10. The fourth-order valence-electron chi connectivity index (χ4n) is 3.93. The van der Waals surface area contributed by atoms with Gasteiger partial charge in [0.25, 0.3) is 5.91 Å². The lowest BCUT2D eigenvalue weighted by Crippen LogP contribution is -2.37. The Morgan fingerprint density at radius 3 is 2.62 bits per heavy atom. The normalized spacial score (nSPS) is 17.3. The molecule has 0 aliphatic carbocycles. The molecule has 2 heterocycles. The van der Waals surface area contributed by atoms with Crippen molar-refractivity contribution in [2.24, 2.45) is 0 Å². The first-order chi connectivity index (χ1) is 13.8. The van der Waals surface area contributed by atoms with Crippen molar-refractivity contribution in [3.63, 3.8) is 0 Å². The smallest absolute Gasteiger partial charge is 0.394 e. The van der Waals surface area contributed by atoms with Gasteiger partial charge in [0.15, 0.2) is 0 Å². The second kappa shape index (κ2) is 7.18. The second-order valence-corrected chi connectivity index (χ2v) is 7.10. The zero-order valence-electron chi connectivity index (χ0n) is 15.3. The number of amides is 1. The quantitative estimate of drug-likeness (QED) is 0.625. The number of rotatable bonds is 3. The third kappa shape index (κ3) is 3.37. The first-order valence-electron chi connectivity index (χ1n) is 9.20. The van der Waals surface area contributed by atoms with E-state index in [1.165, 1.54) is 0 Å². The summed E-state index contributed by atoms with van der Waals surface area (Å²) in [5.41, 5.74) is 0.219. The van der Waals surface area contributed by atoms with E-state index in [1.54, 1.807) is 29.3 Å². The molecular formula is C21H18F4N2O2. The number of aliphatic hydroxyl groups is 1. The van der Waals surface area contributed by atoms with Crippen LogP contribution >= 0.6 is 0 Å². The fourth-order valence-corrected chi connectivity index (χ4v) is 3.93. The minimum Gasteiger partial charge on any atom is -0.394 e. The van der Waals surface area contributed by atoms with Gasteiger partial charge >= 0.3 is 6.18 Å². The Morgan fingerprint density at radius 1 is 1.17 bits per heavy atom. The van der Waals surface area contributed by atoms with E-state index in [1.807, 2.05) is 0 Å². The van der Waals surface area contributed by atoms with Crippen molar-refractivity contribution < 1.29 is 27.5 Å². The summed E-state index contributed by atoms with van der Waals surface area (Å²) in [5, 5.41) is 10.0. The third-order valence-electron chi connectivity index (χ3n) is 5.39. The molecule has 152 valence electrons. The van der Waals surface area contributed by atoms with E-state index >= 15 is 0 Å². The van der Waals surface area contributed by atoms with E-state index in [0.717, 1.165) is 25.0 Å². The Balaban J connectivity index is 1.77. The summed E-state index contributed by atoms with van der Waals surface area (Å²) in [7, 11) is 0. The van der Waals surface area contributed by atoms with Gasteiger partial charge in [-0.25, -0.2) is 4.39 Å². The minimum absolute atomic E-state index is 0.0241. The van der Waals surface area contributed by atoms with Gasteiger partial charge in [-0.3, -0.25) is 4.79 Å². The molecule has 8 heteroatoms. The molecule has 2 aromatic carbocycles. The van der Waals surface area contributed by atoms with Crippen molar-refractivity contribution in [1.29, 1.82) is 0 Å². The van der Waals surface area contributed by atoms with Crippen LogP contribution in [0.1, 0.15) is 28.8 Å². The number of likely N-dealkylation sites (tertiary alicyclic amines) is 1. The molecule has 0 bridgehead atoms. The lowest BCUT2D eigenvalue weighted by atomic mass is 9.97. The summed E-state index contributed by atoms with van der Waals surface area (Å²) in [5.74, 6) is -1.23. The highest BCUT2D eigenvalue weighted by Crippen LogP contribution is 2.36. The average molecular weight is 406 g/mol. The van der Waals surface area contributed by atoms with E-state index in [0.29, 0.717) is 34.6 Å². The van der Waals surface area contributed by atoms with Crippen molar-refractivity contribution in [2.45, 2.75) is 25.1 Å². The first-order valence-corrected chi connectivity index (χ1v) is 9.20. The highest BCUT2D eigenvalue weighted by atomic mass is 19.4. The number of H-pyrrole nitrogens is 1. The van der Waals surface area contributed by atoms with E-state index < -0.39 is 17.6 Å². The number of nitrogens with one attached hydrogen (secondary N) is 1. The van der Waals surface area contributed by atoms with Crippen molar-refractivity contribution >= 4 is 16.8 Å². The SMILES string of the molecule is O=C(c1ccc(-c2ccc(C(F)(F)F)cc2F)c2cc[nH]c12)N1CCCC1CO. The van der Waals surface area contributed by atoms with E-state index in [9.17, 15) is 27.5 Å². The Labute approximate surface area is 163 Å². The van der Waals surface area contributed by atoms with Crippen LogP contribution in [0.15, 0.2) is 42.6 Å². The lowest BCUT2D eigenvalue weighted by molar-refractivity contribution is -0.137. The van der Waals surface area contributed by atoms with Crippen molar-refractivity contribution in [1.82, 2.24) is 9.88 Å². The Morgan fingerprint density at radius 2 is 1.93 bits per heavy atom. The zero-order chi connectivity index (χ0) is 20.8. The molecule has 3 aromatic rings. The maximum atomic E-state index is 14.5. The van der Waals surface area contributed by atoms with Crippen LogP contribution in [0.4, 0.5) is 17.6 Å². The predicted molar refractivity (Wildman–Crippen MR) is 99.8 cm³/mol. The number of aliphatic hydroxyl groups excluding tert-OH is 1. The Kier molecular flexibility index (Phi) is 4.82. The number of fused-ring (bicyclic) bond motifs is 1. The minimum atomic E-state index is -4.63. The summed E-state index contributed by atoms with van der Waals surface area (Å²) in [6.07, 6.45) is -1.50. The molecule has 1 unspecified atom stereocenters. The molecule has 0 spiro atoms. The van der Waals surface area contributed by atoms with Gasteiger partial charge in [0.2, 0.25) is 0 Å². The van der Waals surface area contributed by atoms with Crippen LogP contribution in [-0.2, 0) is 6.18 Å². The van der Waals surface area contributed by atoms with Crippen molar-refractivity contribution in [3.8, 4) is 11.1 Å². The molecule has 1 fully saturated rings. The highest BCUT2D eigenvalue weighted by Gasteiger charge is 2.32. The number of aromatic nitrogens is 1. The molecule has 0 radical (unpaired) electrons. The predicted octanol–water partition coefficient (Wildman–Crippen LogP) is 4.59. The number of aromatic amines is 1.